The van der Waals surface area contributed by atoms with Crippen LogP contribution in [-0.2, 0) is 9.59 Å². The maximum absolute atomic E-state index is 11.8. The summed E-state index contributed by atoms with van der Waals surface area (Å²) in [5.74, 6) is 0.0335. The molecule has 1 fully saturated rings. The summed E-state index contributed by atoms with van der Waals surface area (Å²) in [6.45, 7) is 4.05. The van der Waals surface area contributed by atoms with Gasteiger partial charge in [-0.1, -0.05) is 19.8 Å². The smallest absolute Gasteiger partial charge is 0.237 e. The highest BCUT2D eigenvalue weighted by Gasteiger charge is 2.18. The van der Waals surface area contributed by atoms with Crippen LogP contribution in [0.5, 0.6) is 0 Å². The van der Waals surface area contributed by atoms with Crippen LogP contribution in [-0.4, -0.2) is 37.5 Å². The van der Waals surface area contributed by atoms with Gasteiger partial charge in [0.05, 0.1) is 6.04 Å². The zero-order valence-electron chi connectivity index (χ0n) is 11.3. The third-order valence-corrected chi connectivity index (χ3v) is 3.10. The number of nitrogens with one attached hydrogen (secondary N) is 3. The number of amides is 2. The summed E-state index contributed by atoms with van der Waals surface area (Å²) in [6, 6.07) is -0.0776. The topological polar surface area (TPSA) is 70.2 Å². The largest absolute Gasteiger partial charge is 0.356 e. The molecule has 2 amide bonds. The summed E-state index contributed by atoms with van der Waals surface area (Å²) in [5.41, 5.74) is 0. The van der Waals surface area contributed by atoms with Crippen LogP contribution in [0.4, 0.5) is 0 Å². The molecular weight excluding hydrogens is 230 g/mol. The van der Waals surface area contributed by atoms with Crippen molar-refractivity contribution in [3.8, 4) is 0 Å². The average molecular weight is 255 g/mol. The molecule has 1 unspecified atom stereocenters. The Bertz CT molecular complexity index is 261. The van der Waals surface area contributed by atoms with Gasteiger partial charge in [0.25, 0.3) is 0 Å². The third kappa shape index (κ3) is 6.00. The SMILES string of the molecule is CCCNC(=O)CCNC(=O)C1CCCCCN1. The van der Waals surface area contributed by atoms with Crippen molar-refractivity contribution in [2.45, 2.75) is 51.5 Å². The maximum atomic E-state index is 11.8. The van der Waals surface area contributed by atoms with Crippen LogP contribution < -0.4 is 16.0 Å². The summed E-state index contributed by atoms with van der Waals surface area (Å²) >= 11 is 0. The normalized spacial score (nSPS) is 19.9. The number of hydrogen-bond donors (Lipinski definition) is 3. The minimum atomic E-state index is -0.0776. The predicted octanol–water partition coefficient (Wildman–Crippen LogP) is 0.551. The lowest BCUT2D eigenvalue weighted by Gasteiger charge is -2.15. The van der Waals surface area contributed by atoms with Crippen LogP contribution in [0.2, 0.25) is 0 Å². The minimum absolute atomic E-state index is 0.00553. The van der Waals surface area contributed by atoms with Crippen molar-refractivity contribution in [1.82, 2.24) is 16.0 Å². The molecule has 0 bridgehead atoms. The molecule has 1 aliphatic heterocycles. The molecular formula is C13H25N3O2. The summed E-state index contributed by atoms with van der Waals surface area (Å²) < 4.78 is 0. The molecule has 1 heterocycles. The monoisotopic (exact) mass is 255 g/mol. The van der Waals surface area contributed by atoms with E-state index in [9.17, 15) is 9.59 Å². The van der Waals surface area contributed by atoms with E-state index in [-0.39, 0.29) is 17.9 Å². The highest BCUT2D eigenvalue weighted by Crippen LogP contribution is 2.08. The van der Waals surface area contributed by atoms with E-state index < -0.39 is 0 Å². The first-order chi connectivity index (χ1) is 8.74. The second-order valence-corrected chi connectivity index (χ2v) is 4.75. The molecule has 18 heavy (non-hydrogen) atoms. The fourth-order valence-corrected chi connectivity index (χ4v) is 2.03. The highest BCUT2D eigenvalue weighted by molar-refractivity contribution is 5.82. The van der Waals surface area contributed by atoms with Gasteiger partial charge in [0.15, 0.2) is 0 Å². The van der Waals surface area contributed by atoms with Gasteiger partial charge in [-0.15, -0.1) is 0 Å². The maximum Gasteiger partial charge on any atom is 0.237 e. The van der Waals surface area contributed by atoms with Crippen LogP contribution in [0.1, 0.15) is 45.4 Å². The van der Waals surface area contributed by atoms with E-state index in [1.165, 1.54) is 6.42 Å². The number of carbonyl (C=O) groups is 2. The van der Waals surface area contributed by atoms with Crippen LogP contribution in [0.15, 0.2) is 0 Å². The van der Waals surface area contributed by atoms with Crippen LogP contribution in [0, 0.1) is 0 Å². The first-order valence-electron chi connectivity index (χ1n) is 7.02. The fourth-order valence-electron chi connectivity index (χ4n) is 2.03. The third-order valence-electron chi connectivity index (χ3n) is 3.10. The zero-order valence-corrected chi connectivity index (χ0v) is 11.3. The average Bonchev–Trinajstić information content (AvgIpc) is 2.65. The van der Waals surface area contributed by atoms with Gasteiger partial charge in [-0.3, -0.25) is 9.59 Å². The van der Waals surface area contributed by atoms with Crippen molar-refractivity contribution >= 4 is 11.8 Å². The van der Waals surface area contributed by atoms with Gasteiger partial charge < -0.3 is 16.0 Å². The Morgan fingerprint density at radius 3 is 2.78 bits per heavy atom. The van der Waals surface area contributed by atoms with E-state index in [4.69, 9.17) is 0 Å². The predicted molar refractivity (Wildman–Crippen MR) is 71.2 cm³/mol. The Morgan fingerprint density at radius 1 is 1.17 bits per heavy atom. The Morgan fingerprint density at radius 2 is 2.00 bits per heavy atom. The quantitative estimate of drug-likeness (QED) is 0.649. The molecule has 0 aliphatic carbocycles. The van der Waals surface area contributed by atoms with Gasteiger partial charge in [-0.05, 0) is 25.8 Å². The molecule has 1 rings (SSSR count). The highest BCUT2D eigenvalue weighted by atomic mass is 16.2. The van der Waals surface area contributed by atoms with Crippen molar-refractivity contribution in [2.75, 3.05) is 19.6 Å². The number of carbonyl (C=O) groups excluding carboxylic acids is 2. The van der Waals surface area contributed by atoms with Crippen molar-refractivity contribution in [3.05, 3.63) is 0 Å². The van der Waals surface area contributed by atoms with Gasteiger partial charge in [0.1, 0.15) is 0 Å². The van der Waals surface area contributed by atoms with Crippen LogP contribution in [0.3, 0.4) is 0 Å². The van der Waals surface area contributed by atoms with Crippen molar-refractivity contribution in [3.63, 3.8) is 0 Å². The lowest BCUT2D eigenvalue weighted by molar-refractivity contribution is -0.123. The van der Waals surface area contributed by atoms with E-state index in [0.29, 0.717) is 19.5 Å². The molecule has 104 valence electrons. The van der Waals surface area contributed by atoms with Crippen LogP contribution in [0.25, 0.3) is 0 Å². The van der Waals surface area contributed by atoms with Crippen molar-refractivity contribution in [2.24, 2.45) is 0 Å². The second kappa shape index (κ2) is 8.91. The van der Waals surface area contributed by atoms with Crippen molar-refractivity contribution in [1.29, 1.82) is 0 Å². The van der Waals surface area contributed by atoms with E-state index in [1.807, 2.05) is 6.92 Å². The van der Waals surface area contributed by atoms with Crippen molar-refractivity contribution < 1.29 is 9.59 Å². The molecule has 0 spiro atoms. The molecule has 0 aromatic carbocycles. The molecule has 1 aliphatic rings. The van der Waals surface area contributed by atoms with Gasteiger partial charge in [-0.25, -0.2) is 0 Å². The Labute approximate surface area is 109 Å². The molecule has 1 atom stereocenters. The molecule has 0 saturated carbocycles. The zero-order chi connectivity index (χ0) is 13.2. The van der Waals surface area contributed by atoms with E-state index in [0.717, 1.165) is 32.2 Å². The molecule has 5 nitrogen and oxygen atoms in total. The Kier molecular flexibility index (Phi) is 7.41. The van der Waals surface area contributed by atoms with Gasteiger partial charge in [-0.2, -0.15) is 0 Å². The summed E-state index contributed by atoms with van der Waals surface area (Å²) in [5, 5.41) is 8.86. The molecule has 1 saturated heterocycles. The summed E-state index contributed by atoms with van der Waals surface area (Å²) in [4.78, 5) is 23.2. The van der Waals surface area contributed by atoms with Crippen LogP contribution >= 0.6 is 0 Å². The summed E-state index contributed by atoms with van der Waals surface area (Å²) in [7, 11) is 0. The fraction of sp³-hybridized carbons (Fsp3) is 0.846. The van der Waals surface area contributed by atoms with Gasteiger partial charge in [0.2, 0.25) is 11.8 Å². The van der Waals surface area contributed by atoms with E-state index >= 15 is 0 Å². The molecule has 3 N–H and O–H groups in total. The number of rotatable bonds is 6. The lowest BCUT2D eigenvalue weighted by Crippen LogP contribution is -2.44. The Hall–Kier alpha value is -1.10. The minimum Gasteiger partial charge on any atom is -0.356 e. The first kappa shape index (κ1) is 15.0. The first-order valence-corrected chi connectivity index (χ1v) is 7.02. The van der Waals surface area contributed by atoms with Gasteiger partial charge in [0, 0.05) is 19.5 Å². The van der Waals surface area contributed by atoms with E-state index in [2.05, 4.69) is 16.0 Å². The molecule has 0 aromatic rings. The second-order valence-electron chi connectivity index (χ2n) is 4.75. The summed E-state index contributed by atoms with van der Waals surface area (Å²) in [6.07, 6.45) is 5.62. The molecule has 0 radical (unpaired) electrons. The van der Waals surface area contributed by atoms with Gasteiger partial charge >= 0.3 is 0 Å². The molecule has 5 heteroatoms. The standard InChI is InChI=1S/C13H25N3O2/c1-2-8-15-12(17)7-10-16-13(18)11-6-4-3-5-9-14-11/h11,14H,2-10H2,1H3,(H,15,17)(H,16,18). The Balaban J connectivity index is 2.13. The molecule has 0 aromatic heterocycles. The van der Waals surface area contributed by atoms with E-state index in [1.54, 1.807) is 0 Å². The number of hydrogen-bond acceptors (Lipinski definition) is 3. The lowest BCUT2D eigenvalue weighted by atomic mass is 10.1.